The molecule has 152 valence electrons. The summed E-state index contributed by atoms with van der Waals surface area (Å²) in [6.07, 6.45) is 5.77. The second-order valence-electron chi connectivity index (χ2n) is 7.55. The number of likely N-dealkylation sites (tertiary alicyclic amines) is 1. The van der Waals surface area contributed by atoms with Gasteiger partial charge in [0, 0.05) is 6.54 Å². The number of aliphatic hydroxyl groups excluding tert-OH is 1. The first-order valence-corrected chi connectivity index (χ1v) is 10.2. The number of aliphatic hydroxyl groups is 1. The average Bonchev–Trinajstić information content (AvgIpc) is 3.22. The van der Waals surface area contributed by atoms with Crippen LogP contribution in [-0.4, -0.2) is 47.5 Å². The third-order valence-corrected chi connectivity index (χ3v) is 5.30. The van der Waals surface area contributed by atoms with Gasteiger partial charge in [-0.3, -0.25) is 0 Å². The largest absolute Gasteiger partial charge is 0.508 e. The topological polar surface area (TPSA) is 52.9 Å². The maximum Gasteiger partial charge on any atom is 0.123 e. The van der Waals surface area contributed by atoms with E-state index in [1.54, 1.807) is 0 Å². The number of hydrogen-bond donors (Lipinski definition) is 2. The third kappa shape index (κ3) is 6.30. The van der Waals surface area contributed by atoms with E-state index < -0.39 is 0 Å². The molecule has 0 radical (unpaired) electrons. The fourth-order valence-electron chi connectivity index (χ4n) is 3.87. The highest BCUT2D eigenvalue weighted by Gasteiger charge is 2.22. The van der Waals surface area contributed by atoms with Gasteiger partial charge in [-0.1, -0.05) is 24.3 Å². The van der Waals surface area contributed by atoms with Crippen LogP contribution in [0.25, 0.3) is 0 Å². The molecule has 28 heavy (non-hydrogen) atoms. The fourth-order valence-corrected chi connectivity index (χ4v) is 3.87. The van der Waals surface area contributed by atoms with Crippen molar-refractivity contribution >= 4 is 0 Å². The molecule has 1 fully saturated rings. The van der Waals surface area contributed by atoms with Gasteiger partial charge in [0.1, 0.15) is 11.6 Å². The zero-order chi connectivity index (χ0) is 19.8. The molecule has 2 N–H and O–H groups in total. The summed E-state index contributed by atoms with van der Waals surface area (Å²) >= 11 is 0. The third-order valence-electron chi connectivity index (χ3n) is 5.30. The monoisotopic (exact) mass is 387 g/mol. The van der Waals surface area contributed by atoms with Gasteiger partial charge < -0.3 is 19.8 Å². The molecule has 0 amide bonds. The molecule has 2 atom stereocenters. The van der Waals surface area contributed by atoms with Gasteiger partial charge in [0.25, 0.3) is 0 Å². The highest BCUT2D eigenvalue weighted by atomic mass is 19.1. The van der Waals surface area contributed by atoms with E-state index in [-0.39, 0.29) is 23.8 Å². The molecule has 1 saturated heterocycles. The van der Waals surface area contributed by atoms with E-state index in [0.29, 0.717) is 6.61 Å². The molecule has 0 spiro atoms. The number of phenolic OH excluding ortho intramolecular Hbond substituents is 1. The van der Waals surface area contributed by atoms with Crippen molar-refractivity contribution in [1.82, 2.24) is 4.90 Å². The van der Waals surface area contributed by atoms with Gasteiger partial charge in [0.15, 0.2) is 0 Å². The summed E-state index contributed by atoms with van der Waals surface area (Å²) in [4.78, 5) is 2.34. The van der Waals surface area contributed by atoms with E-state index in [4.69, 9.17) is 9.84 Å². The Balaban J connectivity index is 0.000000236. The van der Waals surface area contributed by atoms with Crippen LogP contribution in [0.4, 0.5) is 4.39 Å². The number of ether oxygens (including phenoxy) is 1. The quantitative estimate of drug-likeness (QED) is 0.812. The van der Waals surface area contributed by atoms with Crippen LogP contribution in [0.15, 0.2) is 48.5 Å². The van der Waals surface area contributed by atoms with Crippen LogP contribution in [0.2, 0.25) is 0 Å². The molecular formula is C23H30FNO3. The first-order valence-electron chi connectivity index (χ1n) is 10.2. The van der Waals surface area contributed by atoms with Crippen molar-refractivity contribution in [2.75, 3.05) is 26.2 Å². The molecule has 1 heterocycles. The molecule has 2 aromatic carbocycles. The SMILES string of the molecule is OC(COC1CCCc2ccccc21)CN1CCCC1.Oc1ccc(F)cc1. The zero-order valence-corrected chi connectivity index (χ0v) is 16.3. The van der Waals surface area contributed by atoms with Gasteiger partial charge in [-0.2, -0.15) is 0 Å². The summed E-state index contributed by atoms with van der Waals surface area (Å²) in [6.45, 7) is 3.47. The van der Waals surface area contributed by atoms with Crippen molar-refractivity contribution in [3.05, 3.63) is 65.5 Å². The molecule has 1 aliphatic carbocycles. The molecule has 0 saturated carbocycles. The van der Waals surface area contributed by atoms with Crippen molar-refractivity contribution in [3.63, 3.8) is 0 Å². The Bertz CT molecular complexity index is 695. The van der Waals surface area contributed by atoms with Crippen LogP contribution < -0.4 is 0 Å². The molecule has 0 aromatic heterocycles. The average molecular weight is 387 g/mol. The van der Waals surface area contributed by atoms with Gasteiger partial charge >= 0.3 is 0 Å². The summed E-state index contributed by atoms with van der Waals surface area (Å²) in [6, 6.07) is 13.6. The lowest BCUT2D eigenvalue weighted by Gasteiger charge is -2.27. The highest BCUT2D eigenvalue weighted by Crippen LogP contribution is 2.32. The predicted molar refractivity (Wildman–Crippen MR) is 108 cm³/mol. The summed E-state index contributed by atoms with van der Waals surface area (Å²) in [5.74, 6) is -0.241. The number of fused-ring (bicyclic) bond motifs is 1. The number of benzene rings is 2. The minimum Gasteiger partial charge on any atom is -0.508 e. The van der Waals surface area contributed by atoms with Crippen molar-refractivity contribution in [2.24, 2.45) is 0 Å². The first-order chi connectivity index (χ1) is 13.6. The second kappa shape index (κ2) is 10.6. The van der Waals surface area contributed by atoms with E-state index in [9.17, 15) is 9.50 Å². The molecule has 2 unspecified atom stereocenters. The molecule has 4 nitrogen and oxygen atoms in total. The summed E-state index contributed by atoms with van der Waals surface area (Å²) in [5.41, 5.74) is 2.74. The lowest BCUT2D eigenvalue weighted by molar-refractivity contribution is -0.0261. The molecule has 1 aliphatic heterocycles. The van der Waals surface area contributed by atoms with Gasteiger partial charge in [-0.25, -0.2) is 4.39 Å². The first kappa shape index (κ1) is 20.8. The Morgan fingerprint density at radius 1 is 1.04 bits per heavy atom. The Hall–Kier alpha value is -1.95. The van der Waals surface area contributed by atoms with Crippen LogP contribution >= 0.6 is 0 Å². The standard InChI is InChI=1S/C17H25NO2.C6H5FO/c19-15(12-18-10-3-4-11-18)13-20-17-9-5-7-14-6-1-2-8-16(14)17;7-5-1-3-6(8)4-2-5/h1-2,6,8,15,17,19H,3-5,7,9-13H2;1-4,8H. The Kier molecular flexibility index (Phi) is 7.83. The van der Waals surface area contributed by atoms with Crippen LogP contribution in [-0.2, 0) is 11.2 Å². The normalized spacial score (nSPS) is 20.1. The second-order valence-corrected chi connectivity index (χ2v) is 7.55. The van der Waals surface area contributed by atoms with Crippen LogP contribution in [0, 0.1) is 5.82 Å². The Morgan fingerprint density at radius 2 is 1.75 bits per heavy atom. The molecule has 2 aromatic rings. The molecule has 0 bridgehead atoms. The van der Waals surface area contributed by atoms with E-state index in [2.05, 4.69) is 29.2 Å². The summed E-state index contributed by atoms with van der Waals surface area (Å²) in [5, 5.41) is 18.7. The van der Waals surface area contributed by atoms with Crippen molar-refractivity contribution in [2.45, 2.75) is 44.3 Å². The van der Waals surface area contributed by atoms with Gasteiger partial charge in [-0.05, 0) is 80.6 Å². The molecule has 2 aliphatic rings. The zero-order valence-electron chi connectivity index (χ0n) is 16.3. The number of hydrogen-bond acceptors (Lipinski definition) is 4. The lowest BCUT2D eigenvalue weighted by atomic mass is 9.89. The Morgan fingerprint density at radius 3 is 2.46 bits per heavy atom. The number of aryl methyl sites for hydroxylation is 1. The van der Waals surface area contributed by atoms with Crippen molar-refractivity contribution in [3.8, 4) is 5.75 Å². The number of β-amino-alcohol motifs (C(OH)–C–C–N with tert-alkyl or cyclic N) is 1. The predicted octanol–water partition coefficient (Wildman–Crippen LogP) is 4.07. The van der Waals surface area contributed by atoms with Crippen molar-refractivity contribution < 1.29 is 19.3 Å². The van der Waals surface area contributed by atoms with E-state index in [0.717, 1.165) is 32.5 Å². The maximum atomic E-state index is 12.0. The van der Waals surface area contributed by atoms with Crippen LogP contribution in [0.3, 0.4) is 0 Å². The number of phenols is 1. The Labute approximate surface area is 166 Å². The number of nitrogens with zero attached hydrogens (tertiary/aromatic N) is 1. The number of halogens is 1. The van der Waals surface area contributed by atoms with Gasteiger partial charge in [0.05, 0.1) is 18.8 Å². The minimum atomic E-state index is -0.359. The lowest BCUT2D eigenvalue weighted by Crippen LogP contribution is -2.33. The van der Waals surface area contributed by atoms with Crippen LogP contribution in [0.5, 0.6) is 5.75 Å². The molecule has 4 rings (SSSR count). The fraction of sp³-hybridized carbons (Fsp3) is 0.478. The van der Waals surface area contributed by atoms with Gasteiger partial charge in [-0.15, -0.1) is 0 Å². The highest BCUT2D eigenvalue weighted by molar-refractivity contribution is 5.31. The molecular weight excluding hydrogens is 357 g/mol. The van der Waals surface area contributed by atoms with E-state index in [1.807, 2.05) is 0 Å². The van der Waals surface area contributed by atoms with Crippen molar-refractivity contribution in [1.29, 1.82) is 0 Å². The number of rotatable bonds is 5. The maximum absolute atomic E-state index is 12.0. The summed E-state index contributed by atoms with van der Waals surface area (Å²) in [7, 11) is 0. The summed E-state index contributed by atoms with van der Waals surface area (Å²) < 4.78 is 18.0. The van der Waals surface area contributed by atoms with E-state index >= 15 is 0 Å². The number of aromatic hydroxyl groups is 1. The van der Waals surface area contributed by atoms with E-state index in [1.165, 1.54) is 54.7 Å². The minimum absolute atomic E-state index is 0.0893. The smallest absolute Gasteiger partial charge is 0.123 e. The molecule has 5 heteroatoms. The van der Waals surface area contributed by atoms with Gasteiger partial charge in [0.2, 0.25) is 0 Å². The van der Waals surface area contributed by atoms with Crippen LogP contribution in [0.1, 0.15) is 42.9 Å².